The van der Waals surface area contributed by atoms with Crippen molar-refractivity contribution in [2.45, 2.75) is 6.42 Å². The zero-order valence-electron chi connectivity index (χ0n) is 11.2. The topological polar surface area (TPSA) is 78.9 Å². The molecule has 1 saturated heterocycles. The van der Waals surface area contributed by atoms with Gasteiger partial charge in [-0.15, -0.1) is 0 Å². The van der Waals surface area contributed by atoms with Crippen molar-refractivity contribution in [1.82, 2.24) is 10.2 Å². The first-order valence-corrected chi connectivity index (χ1v) is 6.61. The largest absolute Gasteiger partial charge is 0.493 e. The molecular weight excluding hydrogens is 260 g/mol. The number of hydrogen-bond donors (Lipinski definition) is 2. The van der Waals surface area contributed by atoms with E-state index in [-0.39, 0.29) is 11.5 Å². The second kappa shape index (κ2) is 6.91. The molecule has 1 aliphatic heterocycles. The van der Waals surface area contributed by atoms with Crippen molar-refractivity contribution in [2.75, 3.05) is 32.8 Å². The van der Waals surface area contributed by atoms with Gasteiger partial charge in [-0.05, 0) is 24.3 Å². The lowest BCUT2D eigenvalue weighted by Gasteiger charge is -2.27. The van der Waals surface area contributed by atoms with Crippen LogP contribution in [0, 0.1) is 0 Å². The molecule has 2 rings (SSSR count). The van der Waals surface area contributed by atoms with Crippen molar-refractivity contribution in [3.8, 4) is 5.75 Å². The van der Waals surface area contributed by atoms with Gasteiger partial charge in [0.2, 0.25) is 5.91 Å². The van der Waals surface area contributed by atoms with Crippen molar-refractivity contribution >= 4 is 11.9 Å². The molecule has 1 aliphatic rings. The van der Waals surface area contributed by atoms with Crippen LogP contribution in [0.1, 0.15) is 16.8 Å². The Bertz CT molecular complexity index is 467. The van der Waals surface area contributed by atoms with Crippen LogP contribution < -0.4 is 10.1 Å². The summed E-state index contributed by atoms with van der Waals surface area (Å²) in [5, 5.41) is 12.0. The number of nitrogens with zero attached hydrogens (tertiary/aromatic N) is 1. The van der Waals surface area contributed by atoms with Crippen LogP contribution in [0.4, 0.5) is 0 Å². The Morgan fingerprint density at radius 3 is 2.45 bits per heavy atom. The Morgan fingerprint density at radius 2 is 1.85 bits per heavy atom. The summed E-state index contributed by atoms with van der Waals surface area (Å²) >= 11 is 0. The van der Waals surface area contributed by atoms with E-state index in [0.717, 1.165) is 26.2 Å². The molecule has 108 valence electrons. The molecule has 0 atom stereocenters. The molecule has 1 heterocycles. The highest BCUT2D eigenvalue weighted by molar-refractivity contribution is 5.87. The van der Waals surface area contributed by atoms with Crippen LogP contribution in [0.2, 0.25) is 0 Å². The molecular formula is C14H18N2O4. The zero-order valence-corrected chi connectivity index (χ0v) is 11.2. The number of hydrogen-bond acceptors (Lipinski definition) is 4. The minimum Gasteiger partial charge on any atom is -0.493 e. The molecule has 6 heteroatoms. The normalized spacial score (nSPS) is 14.9. The third-order valence-electron chi connectivity index (χ3n) is 3.16. The summed E-state index contributed by atoms with van der Waals surface area (Å²) in [6, 6.07) is 6.16. The second-order valence-electron chi connectivity index (χ2n) is 4.56. The van der Waals surface area contributed by atoms with Crippen LogP contribution in [0.5, 0.6) is 5.75 Å². The van der Waals surface area contributed by atoms with E-state index >= 15 is 0 Å². The number of carboxylic acids is 1. The number of carboxylic acid groups (broad SMARTS) is 1. The lowest BCUT2D eigenvalue weighted by Crippen LogP contribution is -2.46. The van der Waals surface area contributed by atoms with E-state index in [1.165, 1.54) is 12.1 Å². The fourth-order valence-corrected chi connectivity index (χ4v) is 2.02. The average molecular weight is 278 g/mol. The van der Waals surface area contributed by atoms with E-state index in [4.69, 9.17) is 9.84 Å². The molecule has 0 saturated carbocycles. The standard InChI is InChI=1S/C14H18N2O4/c17-13(16-8-6-15-7-9-16)5-10-20-12-3-1-11(2-4-12)14(18)19/h1-4,15H,5-10H2,(H,18,19). The number of aromatic carboxylic acids is 1. The molecule has 6 nitrogen and oxygen atoms in total. The molecule has 0 bridgehead atoms. The van der Waals surface area contributed by atoms with E-state index in [1.54, 1.807) is 12.1 Å². The van der Waals surface area contributed by atoms with Crippen LogP contribution in [-0.2, 0) is 4.79 Å². The number of ether oxygens (including phenoxy) is 1. The summed E-state index contributed by atoms with van der Waals surface area (Å²) in [5.41, 5.74) is 0.217. The fourth-order valence-electron chi connectivity index (χ4n) is 2.02. The van der Waals surface area contributed by atoms with Gasteiger partial charge in [0.15, 0.2) is 0 Å². The van der Waals surface area contributed by atoms with Crippen molar-refractivity contribution in [3.63, 3.8) is 0 Å². The van der Waals surface area contributed by atoms with Gasteiger partial charge in [0.1, 0.15) is 5.75 Å². The average Bonchev–Trinajstić information content (AvgIpc) is 2.48. The first-order valence-electron chi connectivity index (χ1n) is 6.61. The van der Waals surface area contributed by atoms with E-state index < -0.39 is 5.97 Å². The van der Waals surface area contributed by atoms with Gasteiger partial charge >= 0.3 is 5.97 Å². The van der Waals surface area contributed by atoms with E-state index in [2.05, 4.69) is 5.32 Å². The number of carbonyl (C=O) groups is 2. The predicted octanol–water partition coefficient (Wildman–Crippen LogP) is 0.585. The minimum absolute atomic E-state index is 0.0913. The number of benzene rings is 1. The number of piperazine rings is 1. The molecule has 2 N–H and O–H groups in total. The molecule has 1 fully saturated rings. The summed E-state index contributed by atoms with van der Waals surface area (Å²) < 4.78 is 5.45. The third-order valence-corrected chi connectivity index (χ3v) is 3.16. The lowest BCUT2D eigenvalue weighted by atomic mass is 10.2. The van der Waals surface area contributed by atoms with Crippen molar-refractivity contribution in [2.24, 2.45) is 0 Å². The van der Waals surface area contributed by atoms with E-state index in [0.29, 0.717) is 18.8 Å². The second-order valence-corrected chi connectivity index (χ2v) is 4.56. The zero-order chi connectivity index (χ0) is 14.4. The lowest BCUT2D eigenvalue weighted by molar-refractivity contribution is -0.132. The van der Waals surface area contributed by atoms with Gasteiger partial charge in [0, 0.05) is 26.2 Å². The van der Waals surface area contributed by atoms with Gasteiger partial charge in [-0.3, -0.25) is 4.79 Å². The Balaban J connectivity index is 1.74. The van der Waals surface area contributed by atoms with Gasteiger partial charge < -0.3 is 20.1 Å². The summed E-state index contributed by atoms with van der Waals surface area (Å²) in [7, 11) is 0. The number of rotatable bonds is 5. The van der Waals surface area contributed by atoms with Gasteiger partial charge in [-0.2, -0.15) is 0 Å². The van der Waals surface area contributed by atoms with Gasteiger partial charge in [0.05, 0.1) is 18.6 Å². The first-order chi connectivity index (χ1) is 9.66. The maximum atomic E-state index is 11.9. The van der Waals surface area contributed by atoms with E-state index in [1.807, 2.05) is 4.90 Å². The van der Waals surface area contributed by atoms with Crippen molar-refractivity contribution in [3.05, 3.63) is 29.8 Å². The molecule has 1 amide bonds. The van der Waals surface area contributed by atoms with Crippen LogP contribution in [0.3, 0.4) is 0 Å². The molecule has 0 spiro atoms. The van der Waals surface area contributed by atoms with Crippen LogP contribution in [-0.4, -0.2) is 54.7 Å². The highest BCUT2D eigenvalue weighted by atomic mass is 16.5. The molecule has 1 aromatic carbocycles. The highest BCUT2D eigenvalue weighted by Crippen LogP contribution is 2.12. The predicted molar refractivity (Wildman–Crippen MR) is 73.0 cm³/mol. The SMILES string of the molecule is O=C(O)c1ccc(OCCC(=O)N2CCNCC2)cc1. The smallest absolute Gasteiger partial charge is 0.335 e. The maximum absolute atomic E-state index is 11.9. The van der Waals surface area contributed by atoms with Crippen LogP contribution >= 0.6 is 0 Å². The monoisotopic (exact) mass is 278 g/mol. The van der Waals surface area contributed by atoms with Crippen molar-refractivity contribution in [1.29, 1.82) is 0 Å². The van der Waals surface area contributed by atoms with Gasteiger partial charge in [-0.1, -0.05) is 0 Å². The van der Waals surface area contributed by atoms with Crippen LogP contribution in [0.25, 0.3) is 0 Å². The summed E-state index contributed by atoms with van der Waals surface area (Å²) in [4.78, 5) is 24.4. The van der Waals surface area contributed by atoms with Gasteiger partial charge in [-0.25, -0.2) is 4.79 Å². The fraction of sp³-hybridized carbons (Fsp3) is 0.429. The number of carbonyl (C=O) groups excluding carboxylic acids is 1. The minimum atomic E-state index is -0.967. The summed E-state index contributed by atoms with van der Waals surface area (Å²) in [6.07, 6.45) is 0.334. The highest BCUT2D eigenvalue weighted by Gasteiger charge is 2.15. The Labute approximate surface area is 117 Å². The maximum Gasteiger partial charge on any atom is 0.335 e. The Hall–Kier alpha value is -2.08. The first kappa shape index (κ1) is 14.3. The number of amides is 1. The quantitative estimate of drug-likeness (QED) is 0.824. The molecule has 0 radical (unpaired) electrons. The molecule has 0 unspecified atom stereocenters. The third kappa shape index (κ3) is 3.96. The summed E-state index contributed by atoms with van der Waals surface area (Å²) in [5.74, 6) is -0.304. The van der Waals surface area contributed by atoms with E-state index in [9.17, 15) is 9.59 Å². The van der Waals surface area contributed by atoms with Crippen molar-refractivity contribution < 1.29 is 19.4 Å². The molecule has 0 aromatic heterocycles. The molecule has 20 heavy (non-hydrogen) atoms. The van der Waals surface area contributed by atoms with Gasteiger partial charge in [0.25, 0.3) is 0 Å². The Morgan fingerprint density at radius 1 is 1.20 bits per heavy atom. The van der Waals surface area contributed by atoms with Crippen LogP contribution in [0.15, 0.2) is 24.3 Å². The molecule has 0 aliphatic carbocycles. The Kier molecular flexibility index (Phi) is 4.95. The summed E-state index contributed by atoms with van der Waals surface area (Å²) in [6.45, 7) is 3.46. The number of nitrogens with one attached hydrogen (secondary N) is 1. The molecule has 1 aromatic rings.